The first-order valence-corrected chi connectivity index (χ1v) is 9.20. The number of ether oxygens (including phenoxy) is 1. The third-order valence-corrected chi connectivity index (χ3v) is 5.19. The summed E-state index contributed by atoms with van der Waals surface area (Å²) in [5, 5.41) is 3.39. The number of rotatable bonds is 4. The van der Waals surface area contributed by atoms with Gasteiger partial charge in [-0.15, -0.1) is 0 Å². The summed E-state index contributed by atoms with van der Waals surface area (Å²) in [6, 6.07) is 5.86. The average Bonchev–Trinajstić information content (AvgIpc) is 2.53. The van der Waals surface area contributed by atoms with Crippen LogP contribution in [-0.2, 0) is 4.74 Å². The Balaban J connectivity index is 1.58. The molecule has 134 valence electrons. The van der Waals surface area contributed by atoms with E-state index in [4.69, 9.17) is 10.5 Å². The van der Waals surface area contributed by atoms with Crippen LogP contribution in [0.5, 0.6) is 0 Å². The highest BCUT2D eigenvalue weighted by atomic mass is 19.1. The molecule has 0 amide bonds. The van der Waals surface area contributed by atoms with E-state index in [0.29, 0.717) is 17.6 Å². The SMILES string of the molecule is C[C@@H]1CN(c2ccc(NCC3CCC(N)CC3)cc2F)C[C@H](C)O1. The van der Waals surface area contributed by atoms with E-state index in [1.165, 1.54) is 0 Å². The second-order valence-corrected chi connectivity index (χ2v) is 7.49. The summed E-state index contributed by atoms with van der Waals surface area (Å²) in [7, 11) is 0. The van der Waals surface area contributed by atoms with Gasteiger partial charge in [0, 0.05) is 31.4 Å². The Morgan fingerprint density at radius 2 is 1.83 bits per heavy atom. The molecule has 2 atom stereocenters. The molecule has 2 aliphatic rings. The van der Waals surface area contributed by atoms with E-state index in [9.17, 15) is 4.39 Å². The highest BCUT2D eigenvalue weighted by Gasteiger charge is 2.24. The van der Waals surface area contributed by atoms with Gasteiger partial charge in [-0.2, -0.15) is 0 Å². The van der Waals surface area contributed by atoms with Crippen LogP contribution in [0.2, 0.25) is 0 Å². The van der Waals surface area contributed by atoms with Gasteiger partial charge >= 0.3 is 0 Å². The maximum Gasteiger partial charge on any atom is 0.148 e. The number of anilines is 2. The third kappa shape index (κ3) is 4.39. The van der Waals surface area contributed by atoms with Gasteiger partial charge in [0.15, 0.2) is 0 Å². The van der Waals surface area contributed by atoms with Gasteiger partial charge in [0.25, 0.3) is 0 Å². The molecular weight excluding hydrogens is 305 g/mol. The van der Waals surface area contributed by atoms with E-state index in [-0.39, 0.29) is 18.0 Å². The second-order valence-electron chi connectivity index (χ2n) is 7.49. The Morgan fingerprint density at radius 1 is 1.17 bits per heavy atom. The first-order valence-electron chi connectivity index (χ1n) is 9.20. The second kappa shape index (κ2) is 7.70. The van der Waals surface area contributed by atoms with Gasteiger partial charge in [-0.1, -0.05) is 0 Å². The van der Waals surface area contributed by atoms with E-state index in [2.05, 4.69) is 10.2 Å². The van der Waals surface area contributed by atoms with Crippen molar-refractivity contribution in [2.45, 2.75) is 57.8 Å². The van der Waals surface area contributed by atoms with Gasteiger partial charge in [-0.3, -0.25) is 0 Å². The van der Waals surface area contributed by atoms with Crippen molar-refractivity contribution < 1.29 is 9.13 Å². The van der Waals surface area contributed by atoms with Crippen molar-refractivity contribution >= 4 is 11.4 Å². The minimum absolute atomic E-state index is 0.128. The molecule has 0 bridgehead atoms. The zero-order chi connectivity index (χ0) is 17.1. The lowest BCUT2D eigenvalue weighted by Gasteiger charge is -2.37. The molecule has 0 aromatic heterocycles. The summed E-state index contributed by atoms with van der Waals surface area (Å²) in [6.45, 7) is 6.43. The van der Waals surface area contributed by atoms with Crippen molar-refractivity contribution in [3.05, 3.63) is 24.0 Å². The van der Waals surface area contributed by atoms with Crippen LogP contribution in [0.15, 0.2) is 18.2 Å². The summed E-state index contributed by atoms with van der Waals surface area (Å²) >= 11 is 0. The summed E-state index contributed by atoms with van der Waals surface area (Å²) in [6.07, 6.45) is 4.80. The molecule has 4 nitrogen and oxygen atoms in total. The molecule has 0 unspecified atom stereocenters. The minimum atomic E-state index is -0.160. The molecule has 3 rings (SSSR count). The van der Waals surface area contributed by atoms with Gasteiger partial charge in [-0.25, -0.2) is 4.39 Å². The van der Waals surface area contributed by atoms with Gasteiger partial charge in [0.1, 0.15) is 5.82 Å². The van der Waals surface area contributed by atoms with Crippen LogP contribution >= 0.6 is 0 Å². The Kier molecular flexibility index (Phi) is 5.61. The molecule has 1 saturated heterocycles. The fraction of sp³-hybridized carbons (Fsp3) is 0.684. The smallest absolute Gasteiger partial charge is 0.148 e. The normalized spacial score (nSPS) is 31.1. The number of halogens is 1. The summed E-state index contributed by atoms with van der Waals surface area (Å²) in [4.78, 5) is 2.08. The molecule has 1 heterocycles. The monoisotopic (exact) mass is 335 g/mol. The minimum Gasteiger partial charge on any atom is -0.385 e. The van der Waals surface area contributed by atoms with Crippen molar-refractivity contribution in [3.8, 4) is 0 Å². The van der Waals surface area contributed by atoms with Crippen molar-refractivity contribution in [3.63, 3.8) is 0 Å². The van der Waals surface area contributed by atoms with Gasteiger partial charge in [0.05, 0.1) is 17.9 Å². The maximum absolute atomic E-state index is 14.6. The number of nitrogens with two attached hydrogens (primary N) is 1. The zero-order valence-corrected chi connectivity index (χ0v) is 14.8. The van der Waals surface area contributed by atoms with E-state index in [1.54, 1.807) is 6.07 Å². The average molecular weight is 335 g/mol. The summed E-state index contributed by atoms with van der Waals surface area (Å²) < 4.78 is 20.3. The Bertz CT molecular complexity index is 535. The Morgan fingerprint density at radius 3 is 2.46 bits per heavy atom. The number of hydrogen-bond acceptors (Lipinski definition) is 4. The van der Waals surface area contributed by atoms with Crippen molar-refractivity contribution in [1.29, 1.82) is 0 Å². The molecular formula is C19H30FN3O. The molecule has 2 fully saturated rings. The number of morpholine rings is 1. The maximum atomic E-state index is 14.6. The zero-order valence-electron chi connectivity index (χ0n) is 14.8. The highest BCUT2D eigenvalue weighted by Crippen LogP contribution is 2.27. The molecule has 1 saturated carbocycles. The molecule has 0 radical (unpaired) electrons. The first-order chi connectivity index (χ1) is 11.5. The summed E-state index contributed by atoms with van der Waals surface area (Å²) in [5.41, 5.74) is 7.48. The van der Waals surface area contributed by atoms with Gasteiger partial charge < -0.3 is 20.7 Å². The molecule has 0 spiro atoms. The highest BCUT2D eigenvalue weighted by molar-refractivity contribution is 5.56. The Hall–Kier alpha value is -1.33. The lowest BCUT2D eigenvalue weighted by molar-refractivity contribution is -0.00539. The molecule has 1 aliphatic carbocycles. The standard InChI is InChI=1S/C19H30FN3O/c1-13-11-23(12-14(2)24-13)19-8-7-17(9-18(19)20)22-10-15-3-5-16(21)6-4-15/h7-9,13-16,22H,3-6,10-12,21H2,1-2H3/t13-,14+,15?,16?. The molecule has 1 aliphatic heterocycles. The topological polar surface area (TPSA) is 50.5 Å². The number of nitrogens with one attached hydrogen (secondary N) is 1. The van der Waals surface area contributed by atoms with Crippen LogP contribution in [0.3, 0.4) is 0 Å². The quantitative estimate of drug-likeness (QED) is 0.886. The fourth-order valence-electron chi connectivity index (χ4n) is 3.90. The largest absolute Gasteiger partial charge is 0.385 e. The van der Waals surface area contributed by atoms with E-state index in [0.717, 1.165) is 51.0 Å². The van der Waals surface area contributed by atoms with E-state index >= 15 is 0 Å². The predicted molar refractivity (Wildman–Crippen MR) is 97.0 cm³/mol. The van der Waals surface area contributed by atoms with Gasteiger partial charge in [0.2, 0.25) is 0 Å². The van der Waals surface area contributed by atoms with Crippen LogP contribution < -0.4 is 16.0 Å². The third-order valence-electron chi connectivity index (χ3n) is 5.19. The van der Waals surface area contributed by atoms with Crippen LogP contribution in [0.1, 0.15) is 39.5 Å². The van der Waals surface area contributed by atoms with Crippen molar-refractivity contribution in [2.75, 3.05) is 29.9 Å². The molecule has 3 N–H and O–H groups in total. The molecule has 1 aromatic rings. The number of nitrogens with zero attached hydrogens (tertiary/aromatic N) is 1. The van der Waals surface area contributed by atoms with E-state index in [1.807, 2.05) is 26.0 Å². The van der Waals surface area contributed by atoms with Crippen LogP contribution in [0, 0.1) is 11.7 Å². The Labute approximate surface area is 144 Å². The number of hydrogen-bond donors (Lipinski definition) is 2. The predicted octanol–water partition coefficient (Wildman–Crippen LogP) is 3.37. The lowest BCUT2D eigenvalue weighted by atomic mass is 9.86. The molecule has 1 aromatic carbocycles. The first kappa shape index (κ1) is 17.5. The molecule has 5 heteroatoms. The summed E-state index contributed by atoms with van der Waals surface area (Å²) in [5.74, 6) is 0.487. The van der Waals surface area contributed by atoms with Crippen LogP contribution in [-0.4, -0.2) is 37.9 Å². The fourth-order valence-corrected chi connectivity index (χ4v) is 3.90. The number of benzene rings is 1. The lowest BCUT2D eigenvalue weighted by Crippen LogP contribution is -2.45. The van der Waals surface area contributed by atoms with Crippen LogP contribution in [0.4, 0.5) is 15.8 Å². The van der Waals surface area contributed by atoms with Crippen molar-refractivity contribution in [1.82, 2.24) is 0 Å². The van der Waals surface area contributed by atoms with E-state index < -0.39 is 0 Å². The molecule has 24 heavy (non-hydrogen) atoms. The van der Waals surface area contributed by atoms with Crippen LogP contribution in [0.25, 0.3) is 0 Å². The van der Waals surface area contributed by atoms with Gasteiger partial charge in [-0.05, 0) is 63.6 Å². The van der Waals surface area contributed by atoms with Crippen molar-refractivity contribution in [2.24, 2.45) is 11.7 Å².